The van der Waals surface area contributed by atoms with Gasteiger partial charge in [-0.1, -0.05) is 0 Å². The van der Waals surface area contributed by atoms with Crippen LogP contribution in [0, 0.1) is 17.2 Å². The Hall–Kier alpha value is -3.97. The molecule has 3 aromatic rings. The number of aliphatic hydroxyl groups is 1. The number of pyridine rings is 2. The van der Waals surface area contributed by atoms with Gasteiger partial charge in [0, 0.05) is 55.1 Å². The quantitative estimate of drug-likeness (QED) is 0.409. The standard InChI is InChI=1S/C25H29N7O3/c1-15(14-33)30-21-10-22(32-8-7-18-9-16(11-26)12-29-23(18)32)28-13-20(21)25(35)31-19-5-3-17(4-6-19)24(34)27-2/h7-10,12-13,15,17,19,33H,3-6,14H2,1-2H3,(H,27,34)(H,28,30)(H,31,35)/t15-,17-,19-/m0/s1. The van der Waals surface area contributed by atoms with E-state index < -0.39 is 0 Å². The second-order valence-corrected chi connectivity index (χ2v) is 8.89. The molecule has 0 radical (unpaired) electrons. The summed E-state index contributed by atoms with van der Waals surface area (Å²) in [6, 6.07) is 7.15. The fourth-order valence-corrected chi connectivity index (χ4v) is 4.42. The number of nitriles is 1. The zero-order chi connectivity index (χ0) is 24.9. The van der Waals surface area contributed by atoms with Gasteiger partial charge in [-0.25, -0.2) is 9.97 Å². The van der Waals surface area contributed by atoms with Gasteiger partial charge in [0.05, 0.1) is 23.4 Å². The Morgan fingerprint density at radius 2 is 2.00 bits per heavy atom. The molecule has 2 amide bonds. The molecule has 4 rings (SSSR count). The molecule has 1 aliphatic carbocycles. The van der Waals surface area contributed by atoms with Gasteiger partial charge in [-0.05, 0) is 44.7 Å². The summed E-state index contributed by atoms with van der Waals surface area (Å²) < 4.78 is 1.78. The summed E-state index contributed by atoms with van der Waals surface area (Å²) in [5, 5.41) is 28.5. The lowest BCUT2D eigenvalue weighted by molar-refractivity contribution is -0.125. The average Bonchev–Trinajstić information content (AvgIpc) is 3.31. The van der Waals surface area contributed by atoms with Crippen molar-refractivity contribution in [2.75, 3.05) is 19.0 Å². The molecule has 0 unspecified atom stereocenters. The summed E-state index contributed by atoms with van der Waals surface area (Å²) in [5.74, 6) is 0.336. The van der Waals surface area contributed by atoms with E-state index in [2.05, 4.69) is 32.0 Å². The van der Waals surface area contributed by atoms with Gasteiger partial charge < -0.3 is 21.1 Å². The van der Waals surface area contributed by atoms with Crippen LogP contribution in [0.25, 0.3) is 16.9 Å². The first kappa shape index (κ1) is 24.2. The number of nitrogens with one attached hydrogen (secondary N) is 3. The van der Waals surface area contributed by atoms with E-state index in [9.17, 15) is 14.7 Å². The highest BCUT2D eigenvalue weighted by Crippen LogP contribution is 2.26. The number of anilines is 1. The number of carbonyl (C=O) groups is 2. The smallest absolute Gasteiger partial charge is 0.255 e. The number of nitrogens with zero attached hydrogens (tertiary/aromatic N) is 4. The molecule has 10 nitrogen and oxygen atoms in total. The van der Waals surface area contributed by atoms with Gasteiger partial charge in [0.15, 0.2) is 0 Å². The number of fused-ring (bicyclic) bond motifs is 1. The van der Waals surface area contributed by atoms with Crippen LogP contribution in [0.5, 0.6) is 0 Å². The second-order valence-electron chi connectivity index (χ2n) is 8.89. The predicted octanol–water partition coefficient (Wildman–Crippen LogP) is 2.12. The SMILES string of the molecule is CNC(=O)[C@H]1CC[C@H](NC(=O)c2cnc(-n3ccc4cc(C#N)cnc43)cc2N[C@@H](C)CO)CC1. The molecule has 4 N–H and O–H groups in total. The van der Waals surface area contributed by atoms with Crippen molar-refractivity contribution in [1.29, 1.82) is 5.26 Å². The molecule has 10 heteroatoms. The number of carbonyl (C=O) groups excluding carboxylic acids is 2. The highest BCUT2D eigenvalue weighted by atomic mass is 16.3. The van der Waals surface area contributed by atoms with E-state index in [1.807, 2.05) is 19.2 Å². The molecule has 182 valence electrons. The van der Waals surface area contributed by atoms with Crippen molar-refractivity contribution in [2.24, 2.45) is 5.92 Å². The molecule has 1 atom stereocenters. The van der Waals surface area contributed by atoms with Gasteiger partial charge in [-0.3, -0.25) is 14.2 Å². The van der Waals surface area contributed by atoms with E-state index in [1.165, 1.54) is 12.4 Å². The lowest BCUT2D eigenvalue weighted by Crippen LogP contribution is -2.40. The lowest BCUT2D eigenvalue weighted by Gasteiger charge is -2.28. The van der Waals surface area contributed by atoms with Crippen LogP contribution in [0.3, 0.4) is 0 Å². The Morgan fingerprint density at radius 1 is 1.23 bits per heavy atom. The van der Waals surface area contributed by atoms with Crippen LogP contribution in [0.2, 0.25) is 0 Å². The fraction of sp³-hybridized carbons (Fsp3) is 0.400. The summed E-state index contributed by atoms with van der Waals surface area (Å²) in [7, 11) is 1.64. The maximum absolute atomic E-state index is 13.2. The van der Waals surface area contributed by atoms with E-state index in [1.54, 1.807) is 23.7 Å². The molecular weight excluding hydrogens is 446 g/mol. The van der Waals surface area contributed by atoms with E-state index in [0.717, 1.165) is 31.1 Å². The first-order valence-corrected chi connectivity index (χ1v) is 11.7. The number of aliphatic hydroxyl groups excluding tert-OH is 1. The molecule has 1 fully saturated rings. The Morgan fingerprint density at radius 3 is 2.69 bits per heavy atom. The zero-order valence-corrected chi connectivity index (χ0v) is 19.8. The minimum Gasteiger partial charge on any atom is -0.394 e. The summed E-state index contributed by atoms with van der Waals surface area (Å²) in [4.78, 5) is 34.0. The fourth-order valence-electron chi connectivity index (χ4n) is 4.42. The molecule has 0 aliphatic heterocycles. The topological polar surface area (TPSA) is 145 Å². The molecule has 1 saturated carbocycles. The van der Waals surface area contributed by atoms with Gasteiger partial charge in [0.2, 0.25) is 5.91 Å². The minimum atomic E-state index is -0.280. The molecule has 3 heterocycles. The van der Waals surface area contributed by atoms with Gasteiger partial charge in [-0.15, -0.1) is 0 Å². The third kappa shape index (κ3) is 5.25. The van der Waals surface area contributed by atoms with Crippen molar-refractivity contribution >= 4 is 28.5 Å². The molecule has 0 bridgehead atoms. The summed E-state index contributed by atoms with van der Waals surface area (Å²) in [6.45, 7) is 1.71. The predicted molar refractivity (Wildman–Crippen MR) is 131 cm³/mol. The molecular formula is C25H29N7O3. The minimum absolute atomic E-state index is 0.00836. The van der Waals surface area contributed by atoms with Crippen LogP contribution in [0.15, 0.2) is 36.8 Å². The summed E-state index contributed by atoms with van der Waals surface area (Å²) in [5.41, 5.74) is 2.03. The van der Waals surface area contributed by atoms with Crippen molar-refractivity contribution in [2.45, 2.75) is 44.7 Å². The van der Waals surface area contributed by atoms with Crippen LogP contribution in [-0.2, 0) is 4.79 Å². The lowest BCUT2D eigenvalue weighted by atomic mass is 9.85. The largest absolute Gasteiger partial charge is 0.394 e. The van der Waals surface area contributed by atoms with Crippen LogP contribution in [-0.4, -0.2) is 57.2 Å². The van der Waals surface area contributed by atoms with E-state index in [4.69, 9.17) is 5.26 Å². The molecule has 0 spiro atoms. The third-order valence-electron chi connectivity index (χ3n) is 6.39. The van der Waals surface area contributed by atoms with Gasteiger partial charge in [-0.2, -0.15) is 5.26 Å². The van der Waals surface area contributed by atoms with Crippen LogP contribution in [0.1, 0.15) is 48.5 Å². The van der Waals surface area contributed by atoms with E-state index >= 15 is 0 Å². The molecule has 35 heavy (non-hydrogen) atoms. The van der Waals surface area contributed by atoms with Crippen LogP contribution < -0.4 is 16.0 Å². The number of amides is 2. The van der Waals surface area contributed by atoms with Crippen molar-refractivity contribution < 1.29 is 14.7 Å². The molecule has 0 saturated heterocycles. The molecule has 1 aliphatic rings. The Bertz CT molecular complexity index is 1270. The first-order valence-electron chi connectivity index (χ1n) is 11.7. The zero-order valence-electron chi connectivity index (χ0n) is 19.8. The van der Waals surface area contributed by atoms with Gasteiger partial charge in [0.1, 0.15) is 17.5 Å². The van der Waals surface area contributed by atoms with Gasteiger partial charge in [0.25, 0.3) is 5.91 Å². The van der Waals surface area contributed by atoms with Crippen molar-refractivity contribution in [1.82, 2.24) is 25.2 Å². The average molecular weight is 476 g/mol. The maximum atomic E-state index is 13.2. The van der Waals surface area contributed by atoms with E-state index in [0.29, 0.717) is 28.3 Å². The summed E-state index contributed by atoms with van der Waals surface area (Å²) >= 11 is 0. The maximum Gasteiger partial charge on any atom is 0.255 e. The monoisotopic (exact) mass is 475 g/mol. The summed E-state index contributed by atoms with van der Waals surface area (Å²) in [6.07, 6.45) is 7.76. The number of aromatic nitrogens is 3. The van der Waals surface area contributed by atoms with Gasteiger partial charge >= 0.3 is 0 Å². The molecule has 0 aromatic carbocycles. The van der Waals surface area contributed by atoms with Crippen molar-refractivity contribution in [3.63, 3.8) is 0 Å². The number of hydrogen-bond donors (Lipinski definition) is 4. The number of rotatable bonds is 7. The number of hydrogen-bond acceptors (Lipinski definition) is 7. The highest BCUT2D eigenvalue weighted by molar-refractivity contribution is 6.00. The normalized spacial score (nSPS) is 18.5. The van der Waals surface area contributed by atoms with Crippen molar-refractivity contribution in [3.05, 3.63) is 47.9 Å². The third-order valence-corrected chi connectivity index (χ3v) is 6.39. The van der Waals surface area contributed by atoms with Crippen molar-refractivity contribution in [3.8, 4) is 11.9 Å². The Balaban J connectivity index is 1.58. The Kier molecular flexibility index (Phi) is 7.27. The Labute approximate surface area is 203 Å². The second kappa shape index (κ2) is 10.5. The van der Waals surface area contributed by atoms with Crippen LogP contribution >= 0.6 is 0 Å². The molecule has 3 aromatic heterocycles. The highest BCUT2D eigenvalue weighted by Gasteiger charge is 2.27. The van der Waals surface area contributed by atoms with E-state index in [-0.39, 0.29) is 36.4 Å². The first-order chi connectivity index (χ1) is 16.9. The van der Waals surface area contributed by atoms with Crippen LogP contribution in [0.4, 0.5) is 5.69 Å².